The monoisotopic (exact) mass is 459 g/mol. The summed E-state index contributed by atoms with van der Waals surface area (Å²) in [5.41, 5.74) is 1.09. The van der Waals surface area contributed by atoms with Crippen LogP contribution in [0.1, 0.15) is 35.3 Å². The van der Waals surface area contributed by atoms with Crippen LogP contribution in [-0.2, 0) is 9.47 Å². The lowest BCUT2D eigenvalue weighted by Gasteiger charge is -2.25. The minimum absolute atomic E-state index is 0.316. The van der Waals surface area contributed by atoms with E-state index in [4.69, 9.17) is 9.47 Å². The van der Waals surface area contributed by atoms with E-state index in [9.17, 15) is 13.2 Å². The fraction of sp³-hybridized carbons (Fsp3) is 0.316. The number of rotatable bonds is 6. The molecule has 2 aromatic rings. The zero-order valence-corrected chi connectivity index (χ0v) is 17.0. The lowest BCUT2D eigenvalue weighted by molar-refractivity contribution is -0.126. The molecule has 1 aliphatic heterocycles. The van der Waals surface area contributed by atoms with Gasteiger partial charge in [0.2, 0.25) is 5.79 Å². The third-order valence-electron chi connectivity index (χ3n) is 4.27. The van der Waals surface area contributed by atoms with Gasteiger partial charge in [-0.25, -0.2) is 18.2 Å². The highest BCUT2D eigenvalue weighted by molar-refractivity contribution is 9.10. The molecule has 0 amide bonds. The van der Waals surface area contributed by atoms with E-state index >= 15 is 0 Å². The van der Waals surface area contributed by atoms with Gasteiger partial charge in [-0.15, -0.1) is 11.8 Å². The number of benzene rings is 1. The van der Waals surface area contributed by atoms with Crippen LogP contribution >= 0.6 is 27.7 Å². The maximum Gasteiger partial charge on any atom is 0.247 e. The first-order valence-corrected chi connectivity index (χ1v) is 10.0. The zero-order chi connectivity index (χ0) is 19.6. The van der Waals surface area contributed by atoms with Gasteiger partial charge in [0.05, 0.1) is 5.25 Å². The van der Waals surface area contributed by atoms with E-state index in [1.165, 1.54) is 24.3 Å². The van der Waals surface area contributed by atoms with Crippen molar-refractivity contribution in [1.82, 2.24) is 4.98 Å². The molecule has 1 aromatic heterocycles. The highest BCUT2D eigenvalue weighted by Crippen LogP contribution is 2.41. The van der Waals surface area contributed by atoms with E-state index in [1.54, 1.807) is 19.2 Å². The first-order valence-electron chi connectivity index (χ1n) is 8.18. The Kier molecular flexibility index (Phi) is 6.05. The SMILES string of the molecule is Cc1cc(Br)ncc1C(SCCC1(C)OC=CO1)c1c(F)ccc(F)c1F. The molecule has 2 heterocycles. The Balaban J connectivity index is 1.93. The number of hydrogen-bond acceptors (Lipinski definition) is 4. The first-order chi connectivity index (χ1) is 12.8. The van der Waals surface area contributed by atoms with Crippen LogP contribution in [0.5, 0.6) is 0 Å². The van der Waals surface area contributed by atoms with E-state index in [0.717, 1.165) is 17.7 Å². The molecule has 1 aliphatic rings. The summed E-state index contributed by atoms with van der Waals surface area (Å²) in [5, 5.41) is -0.765. The molecule has 0 saturated carbocycles. The van der Waals surface area contributed by atoms with Gasteiger partial charge in [-0.1, -0.05) is 0 Å². The van der Waals surface area contributed by atoms with Crippen molar-refractivity contribution < 1.29 is 22.6 Å². The van der Waals surface area contributed by atoms with Crippen LogP contribution in [0.3, 0.4) is 0 Å². The quantitative estimate of drug-likeness (QED) is 0.390. The van der Waals surface area contributed by atoms with Crippen LogP contribution in [0.15, 0.2) is 41.5 Å². The molecular weight excluding hydrogens is 443 g/mol. The van der Waals surface area contributed by atoms with Crippen molar-refractivity contribution in [2.45, 2.75) is 31.3 Å². The lowest BCUT2D eigenvalue weighted by atomic mass is 10.0. The maximum absolute atomic E-state index is 14.5. The Labute approximate surface area is 168 Å². The predicted molar refractivity (Wildman–Crippen MR) is 102 cm³/mol. The number of hydrogen-bond donors (Lipinski definition) is 0. The minimum Gasteiger partial charge on any atom is -0.457 e. The van der Waals surface area contributed by atoms with Crippen LogP contribution < -0.4 is 0 Å². The molecule has 0 N–H and O–H groups in total. The Bertz CT molecular complexity index is 870. The summed E-state index contributed by atoms with van der Waals surface area (Å²) in [6, 6.07) is 3.49. The van der Waals surface area contributed by atoms with Gasteiger partial charge in [-0.3, -0.25) is 0 Å². The smallest absolute Gasteiger partial charge is 0.247 e. The fourth-order valence-electron chi connectivity index (χ4n) is 2.77. The van der Waals surface area contributed by atoms with Crippen molar-refractivity contribution in [3.8, 4) is 0 Å². The minimum atomic E-state index is -1.18. The number of ether oxygens (including phenoxy) is 2. The molecule has 0 saturated heterocycles. The Hall–Kier alpha value is -1.67. The largest absolute Gasteiger partial charge is 0.457 e. The van der Waals surface area contributed by atoms with Crippen molar-refractivity contribution in [2.75, 3.05) is 5.75 Å². The molecule has 144 valence electrons. The van der Waals surface area contributed by atoms with Crippen LogP contribution in [0, 0.1) is 24.4 Å². The third kappa shape index (κ3) is 4.43. The van der Waals surface area contributed by atoms with Gasteiger partial charge in [0.25, 0.3) is 0 Å². The van der Waals surface area contributed by atoms with Crippen molar-refractivity contribution in [3.63, 3.8) is 0 Å². The second-order valence-corrected chi connectivity index (χ2v) is 8.29. The first kappa shape index (κ1) is 20.1. The molecule has 1 atom stereocenters. The molecule has 3 nitrogen and oxygen atoms in total. The molecule has 1 aromatic carbocycles. The van der Waals surface area contributed by atoms with Crippen LogP contribution in [0.2, 0.25) is 0 Å². The van der Waals surface area contributed by atoms with Gasteiger partial charge < -0.3 is 9.47 Å². The predicted octanol–water partition coefficient (Wildman–Crippen LogP) is 6.02. The van der Waals surface area contributed by atoms with Gasteiger partial charge in [0.15, 0.2) is 11.6 Å². The molecule has 0 spiro atoms. The van der Waals surface area contributed by atoms with E-state index in [2.05, 4.69) is 20.9 Å². The van der Waals surface area contributed by atoms with Gasteiger partial charge in [-0.2, -0.15) is 0 Å². The third-order valence-corrected chi connectivity index (χ3v) is 5.97. The van der Waals surface area contributed by atoms with Gasteiger partial charge in [0.1, 0.15) is 22.9 Å². The molecule has 27 heavy (non-hydrogen) atoms. The summed E-state index contributed by atoms with van der Waals surface area (Å²) < 4.78 is 54.2. The van der Waals surface area contributed by atoms with E-state index in [-0.39, 0.29) is 5.56 Å². The van der Waals surface area contributed by atoms with E-state index in [0.29, 0.717) is 22.3 Å². The Morgan fingerprint density at radius 3 is 2.52 bits per heavy atom. The highest BCUT2D eigenvalue weighted by atomic mass is 79.9. The molecule has 0 bridgehead atoms. The Morgan fingerprint density at radius 2 is 1.85 bits per heavy atom. The summed E-state index contributed by atoms with van der Waals surface area (Å²) >= 11 is 4.56. The number of halogens is 4. The highest BCUT2D eigenvalue weighted by Gasteiger charge is 2.31. The maximum atomic E-state index is 14.5. The van der Waals surface area contributed by atoms with Crippen molar-refractivity contribution in [1.29, 1.82) is 0 Å². The van der Waals surface area contributed by atoms with Crippen LogP contribution in [-0.4, -0.2) is 16.5 Å². The fourth-order valence-corrected chi connectivity index (χ4v) is 4.75. The number of pyridine rings is 1. The summed E-state index contributed by atoms with van der Waals surface area (Å²) in [4.78, 5) is 4.17. The average Bonchev–Trinajstić information content (AvgIpc) is 3.04. The number of aryl methyl sites for hydroxylation is 1. The van der Waals surface area contributed by atoms with Gasteiger partial charge in [0, 0.05) is 30.9 Å². The molecule has 3 rings (SSSR count). The summed E-state index contributed by atoms with van der Waals surface area (Å²) in [6.07, 6.45) is 4.93. The second kappa shape index (κ2) is 8.14. The lowest BCUT2D eigenvalue weighted by Crippen LogP contribution is -2.26. The van der Waals surface area contributed by atoms with Gasteiger partial charge in [-0.05, 0) is 52.2 Å². The average molecular weight is 460 g/mol. The van der Waals surface area contributed by atoms with Gasteiger partial charge >= 0.3 is 0 Å². The Morgan fingerprint density at radius 1 is 1.19 bits per heavy atom. The summed E-state index contributed by atoms with van der Waals surface area (Å²) in [6.45, 7) is 3.59. The molecule has 0 radical (unpaired) electrons. The normalized spacial score (nSPS) is 16.1. The standard InChI is InChI=1S/C19H17BrF3NO2S/c1-11-9-15(20)24-10-12(11)18(16-13(21)3-4-14(22)17(16)23)27-8-5-19(2)25-6-7-26-19/h3-4,6-7,9-10,18H,5,8H2,1-2H3. The number of nitrogens with zero attached hydrogens (tertiary/aromatic N) is 1. The van der Waals surface area contributed by atoms with E-state index in [1.807, 2.05) is 6.92 Å². The second-order valence-electron chi connectivity index (χ2n) is 6.26. The van der Waals surface area contributed by atoms with Crippen molar-refractivity contribution >= 4 is 27.7 Å². The van der Waals surface area contributed by atoms with Crippen molar-refractivity contribution in [2.24, 2.45) is 0 Å². The number of thioether (sulfide) groups is 1. The molecule has 8 heteroatoms. The van der Waals surface area contributed by atoms with Crippen LogP contribution in [0.25, 0.3) is 0 Å². The molecule has 0 fully saturated rings. The molecular formula is C19H17BrF3NO2S. The zero-order valence-electron chi connectivity index (χ0n) is 14.6. The number of aromatic nitrogens is 1. The summed E-state index contributed by atoms with van der Waals surface area (Å²) in [7, 11) is 0. The summed E-state index contributed by atoms with van der Waals surface area (Å²) in [5.74, 6) is -3.42. The molecule has 1 unspecified atom stereocenters. The van der Waals surface area contributed by atoms with Crippen molar-refractivity contribution in [3.05, 3.63) is 75.7 Å². The molecule has 0 aliphatic carbocycles. The van der Waals surface area contributed by atoms with Crippen LogP contribution in [0.4, 0.5) is 13.2 Å². The topological polar surface area (TPSA) is 31.4 Å². The van der Waals surface area contributed by atoms with E-state index < -0.39 is 28.5 Å².